The minimum Gasteiger partial charge on any atom is -0.485 e. The molecule has 5 heterocycles. The zero-order valence-corrected chi connectivity index (χ0v) is 21.9. The van der Waals surface area contributed by atoms with E-state index in [1.165, 1.54) is 11.8 Å². The van der Waals surface area contributed by atoms with Crippen LogP contribution in [-0.2, 0) is 4.79 Å². The second kappa shape index (κ2) is 9.38. The van der Waals surface area contributed by atoms with Gasteiger partial charge in [-0.1, -0.05) is 27.7 Å². The lowest BCUT2D eigenvalue weighted by Crippen LogP contribution is -2.51. The highest BCUT2D eigenvalue weighted by atomic mass is 19.1. The molecule has 2 aromatic heterocycles. The van der Waals surface area contributed by atoms with Gasteiger partial charge in [-0.3, -0.25) is 4.79 Å². The molecule has 1 amide bonds. The average Bonchev–Trinajstić information content (AvgIpc) is 2.91. The first-order chi connectivity index (χ1) is 18.3. The summed E-state index contributed by atoms with van der Waals surface area (Å²) in [6, 6.07) is 9.58. The minimum atomic E-state index is -1.44. The van der Waals surface area contributed by atoms with Crippen LogP contribution in [-0.4, -0.2) is 73.4 Å². The molecule has 3 aliphatic rings. The molecule has 1 N–H and O–H groups in total. The summed E-state index contributed by atoms with van der Waals surface area (Å²) in [5, 5.41) is 9.50. The molecule has 0 unspecified atom stereocenters. The molecule has 1 aromatic carbocycles. The van der Waals surface area contributed by atoms with Crippen LogP contribution >= 0.6 is 0 Å². The maximum absolute atomic E-state index is 15.7. The number of hydrogen-bond acceptors (Lipinski definition) is 7. The van der Waals surface area contributed by atoms with E-state index in [9.17, 15) is 4.79 Å². The molecule has 6 rings (SSSR count). The fourth-order valence-corrected chi connectivity index (χ4v) is 5.37. The third kappa shape index (κ3) is 4.15. The number of carbonyl (C=O) groups excluding carboxylic acids is 1. The van der Waals surface area contributed by atoms with Gasteiger partial charge >= 0.3 is 5.84 Å². The number of nitrogens with zero attached hydrogens (tertiary/aromatic N) is 6. The zero-order chi connectivity index (χ0) is 26.4. The molecule has 1 fully saturated rings. The van der Waals surface area contributed by atoms with Crippen LogP contribution < -0.4 is 29.6 Å². The summed E-state index contributed by atoms with van der Waals surface area (Å²) >= 11 is 0. The Bertz CT molecular complexity index is 1590. The lowest BCUT2D eigenvalue weighted by Gasteiger charge is -2.35. The topological polar surface area (TPSA) is 79.7 Å². The highest BCUT2D eigenvalue weighted by molar-refractivity contribution is 6.01. The Morgan fingerprint density at radius 3 is 2.87 bits per heavy atom. The summed E-state index contributed by atoms with van der Waals surface area (Å²) in [5.41, 5.74) is 4.66. The number of carbonyl (C=O) groups is 1. The molecule has 0 saturated carbocycles. The highest BCUT2D eigenvalue weighted by Gasteiger charge is 2.36. The van der Waals surface area contributed by atoms with Gasteiger partial charge in [-0.15, -0.1) is 0 Å². The van der Waals surface area contributed by atoms with Crippen molar-refractivity contribution >= 4 is 33.9 Å². The smallest absolute Gasteiger partial charge is 0.334 e. The molecule has 1 saturated heterocycles. The third-order valence-corrected chi connectivity index (χ3v) is 7.51. The largest absolute Gasteiger partial charge is 0.485 e. The third-order valence-electron chi connectivity index (χ3n) is 7.51. The number of aromatic nitrogens is 3. The van der Waals surface area contributed by atoms with Gasteiger partial charge in [-0.25, -0.2) is 14.3 Å². The van der Waals surface area contributed by atoms with Crippen molar-refractivity contribution in [2.24, 2.45) is 0 Å². The van der Waals surface area contributed by atoms with Crippen molar-refractivity contribution in [3.8, 4) is 5.75 Å². The number of likely N-dealkylation sites (N-methyl/N-ethyl adjacent to an activating group) is 1. The van der Waals surface area contributed by atoms with Crippen LogP contribution in [0.3, 0.4) is 0 Å². The molecule has 3 aromatic rings. The zero-order valence-electron chi connectivity index (χ0n) is 21.9. The predicted molar refractivity (Wildman–Crippen MR) is 142 cm³/mol. The van der Waals surface area contributed by atoms with Gasteiger partial charge < -0.3 is 19.9 Å². The number of piperidine rings is 1. The van der Waals surface area contributed by atoms with Crippen molar-refractivity contribution in [2.75, 3.05) is 56.7 Å². The first-order valence-corrected chi connectivity index (χ1v) is 12.9. The van der Waals surface area contributed by atoms with E-state index in [0.717, 1.165) is 29.2 Å². The van der Waals surface area contributed by atoms with Gasteiger partial charge in [0.15, 0.2) is 5.69 Å². The Morgan fingerprint density at radius 2 is 2.08 bits per heavy atom. The maximum Gasteiger partial charge on any atom is 0.334 e. The van der Waals surface area contributed by atoms with Crippen LogP contribution in [0.4, 0.5) is 15.8 Å². The maximum atomic E-state index is 15.7. The molecule has 3 aliphatic heterocycles. The van der Waals surface area contributed by atoms with E-state index in [-0.39, 0.29) is 12.5 Å². The average molecular weight is 517 g/mol. The number of hydrogen-bond donors (Lipinski definition) is 1. The first kappa shape index (κ1) is 24.3. The van der Waals surface area contributed by atoms with Crippen molar-refractivity contribution in [2.45, 2.75) is 25.4 Å². The van der Waals surface area contributed by atoms with E-state index in [2.05, 4.69) is 15.9 Å². The van der Waals surface area contributed by atoms with Gasteiger partial charge in [0.1, 0.15) is 24.2 Å². The molecule has 0 bridgehead atoms. The van der Waals surface area contributed by atoms with Crippen LogP contribution in [0.2, 0.25) is 0 Å². The van der Waals surface area contributed by atoms with Crippen LogP contribution in [0.25, 0.3) is 16.6 Å². The Labute approximate surface area is 220 Å². The van der Waals surface area contributed by atoms with E-state index < -0.39 is 5.67 Å². The number of pyridine rings is 1. The van der Waals surface area contributed by atoms with E-state index in [1.807, 2.05) is 55.5 Å². The second-order valence-corrected chi connectivity index (χ2v) is 10.1. The van der Waals surface area contributed by atoms with E-state index in [0.29, 0.717) is 54.8 Å². The number of ether oxygens (including phenoxy) is 1. The number of alkyl halides is 1. The molecule has 0 atom stereocenters. The Kier molecular flexibility index (Phi) is 6.01. The number of anilines is 2. The predicted octanol–water partition coefficient (Wildman–Crippen LogP) is 1.41. The van der Waals surface area contributed by atoms with E-state index in [4.69, 9.17) is 14.8 Å². The summed E-state index contributed by atoms with van der Waals surface area (Å²) < 4.78 is 23.5. The fourth-order valence-electron chi connectivity index (χ4n) is 5.37. The van der Waals surface area contributed by atoms with Gasteiger partial charge in [0, 0.05) is 19.4 Å². The van der Waals surface area contributed by atoms with Crippen molar-refractivity contribution in [1.29, 1.82) is 0 Å². The van der Waals surface area contributed by atoms with Gasteiger partial charge in [-0.05, 0) is 43.8 Å². The Balaban J connectivity index is 1.51. The minimum absolute atomic E-state index is 0.000656. The first-order valence-electron chi connectivity index (χ1n) is 12.9. The standard InChI is InChI=1S/C28H31FN7O2/c1-19(37)35(18-28(29)10-12-30-13-11-28)22-6-4-5-20-7-8-21(32-25(20)22)27-34(3)14-9-23-26-24(17-31-36(23)27)33(2)15-16-38-26/h4-8,14,17,30H,10-13,15-16,18H2,1-3H3/q+1. The summed E-state index contributed by atoms with van der Waals surface area (Å²) in [4.78, 5) is 23.4. The molecule has 196 valence electrons. The summed E-state index contributed by atoms with van der Waals surface area (Å²) in [7, 11) is 3.93. The number of fused-ring (bicyclic) bond motifs is 4. The molecular weight excluding hydrogens is 485 g/mol. The monoisotopic (exact) mass is 516 g/mol. The molecule has 0 spiro atoms. The summed E-state index contributed by atoms with van der Waals surface area (Å²) in [6.07, 6.45) is 4.37. The second-order valence-electron chi connectivity index (χ2n) is 10.1. The fraction of sp³-hybridized carbons (Fsp3) is 0.393. The van der Waals surface area contributed by atoms with Crippen molar-refractivity contribution in [3.05, 3.63) is 59.6 Å². The van der Waals surface area contributed by atoms with Crippen molar-refractivity contribution in [3.63, 3.8) is 0 Å². The number of amides is 1. The van der Waals surface area contributed by atoms with E-state index >= 15 is 4.39 Å². The number of halogens is 1. The SMILES string of the molecule is CC(=O)N(CC1(F)CCNCC1)c1cccc2ccc(C3=[n+]4ncc5c(c4=C=CN3C)OCCN5C)nc12. The van der Waals surface area contributed by atoms with Gasteiger partial charge in [0.2, 0.25) is 17.0 Å². The Hall–Kier alpha value is -4.01. The van der Waals surface area contributed by atoms with Gasteiger partial charge in [-0.2, -0.15) is 0 Å². The van der Waals surface area contributed by atoms with E-state index in [1.54, 1.807) is 10.6 Å². The van der Waals surface area contributed by atoms with Crippen molar-refractivity contribution < 1.29 is 18.3 Å². The molecule has 0 radical (unpaired) electrons. The number of benzene rings is 1. The quantitative estimate of drug-likeness (QED) is 0.526. The van der Waals surface area contributed by atoms with Gasteiger partial charge in [0.25, 0.3) is 0 Å². The number of rotatable bonds is 4. The molecular formula is C28H31FN7O2+. The Morgan fingerprint density at radius 1 is 1.26 bits per heavy atom. The number of para-hydroxylation sites is 1. The normalized spacial score (nSPS) is 17.9. The van der Waals surface area contributed by atoms with Crippen LogP contribution in [0.5, 0.6) is 5.75 Å². The number of nitrogens with one attached hydrogen (secondary N) is 1. The molecule has 9 nitrogen and oxygen atoms in total. The lowest BCUT2D eigenvalue weighted by atomic mass is 9.93. The van der Waals surface area contributed by atoms with Gasteiger partial charge in [0.05, 0.1) is 37.5 Å². The molecule has 0 aliphatic carbocycles. The van der Waals surface area contributed by atoms with Crippen LogP contribution in [0.1, 0.15) is 25.5 Å². The van der Waals surface area contributed by atoms with Crippen LogP contribution in [0, 0.1) is 5.84 Å². The molecule has 10 heteroatoms. The summed E-state index contributed by atoms with van der Waals surface area (Å²) in [6.45, 7) is 4.05. The highest BCUT2D eigenvalue weighted by Crippen LogP contribution is 2.32. The molecule has 38 heavy (non-hydrogen) atoms. The van der Waals surface area contributed by atoms with Crippen molar-refractivity contribution in [1.82, 2.24) is 20.3 Å². The van der Waals surface area contributed by atoms with Crippen LogP contribution in [0.15, 0.2) is 42.7 Å². The lowest BCUT2D eigenvalue weighted by molar-refractivity contribution is -0.611. The summed E-state index contributed by atoms with van der Waals surface area (Å²) in [5.74, 6) is 1.24.